The van der Waals surface area contributed by atoms with Gasteiger partial charge in [0.1, 0.15) is 16.7 Å². The summed E-state index contributed by atoms with van der Waals surface area (Å²) in [5.74, 6) is -0.659. The lowest BCUT2D eigenvalue weighted by Gasteiger charge is -2.19. The zero-order valence-electron chi connectivity index (χ0n) is 17.1. The van der Waals surface area contributed by atoms with Crippen LogP contribution in [-0.4, -0.2) is 23.6 Å². The highest BCUT2D eigenvalue weighted by Crippen LogP contribution is 2.42. The minimum Gasteiger partial charge on any atom is -0.348 e. The number of thioether (sulfide) groups is 1. The van der Waals surface area contributed by atoms with E-state index in [0.29, 0.717) is 17.1 Å². The monoisotopic (exact) mass is 495 g/mol. The molecule has 5 nitrogen and oxygen atoms in total. The standard InChI is InChI=1S/C24H22BrN3O2S/c1-3-13-27-22(29)20(15-26)24-28(19-11-7-16(4-2)8-12-19)23(30)21(31-24)14-17-5-9-18(25)10-6-17/h3,5-12,21H,1,4,13-14H2,2H3,(H,27,29)/b24-20-. The SMILES string of the molecule is C=CCNC(=O)/C(C#N)=C1\SC(Cc2ccc(Br)cc2)C(=O)N1c1ccc(CC)cc1. The molecule has 0 saturated carbocycles. The van der Waals surface area contributed by atoms with Gasteiger partial charge in [-0.1, -0.05) is 65.0 Å². The zero-order valence-corrected chi connectivity index (χ0v) is 19.5. The van der Waals surface area contributed by atoms with Crippen molar-refractivity contribution in [2.45, 2.75) is 25.0 Å². The molecular formula is C24H22BrN3O2S. The number of halogens is 1. The Hall–Kier alpha value is -2.82. The highest BCUT2D eigenvalue weighted by Gasteiger charge is 2.40. The quantitative estimate of drug-likeness (QED) is 0.342. The Kier molecular flexibility index (Phi) is 7.72. The van der Waals surface area contributed by atoms with Crippen LogP contribution in [0.25, 0.3) is 0 Å². The van der Waals surface area contributed by atoms with Crippen LogP contribution in [0, 0.1) is 11.3 Å². The lowest BCUT2D eigenvalue weighted by atomic mass is 10.1. The molecule has 0 aromatic heterocycles. The van der Waals surface area contributed by atoms with Crippen molar-refractivity contribution in [3.63, 3.8) is 0 Å². The molecule has 0 radical (unpaired) electrons. The molecule has 1 aliphatic heterocycles. The smallest absolute Gasteiger partial charge is 0.264 e. The van der Waals surface area contributed by atoms with E-state index < -0.39 is 11.2 Å². The first-order valence-corrected chi connectivity index (χ1v) is 11.5. The number of benzene rings is 2. The Morgan fingerprint density at radius 1 is 1.23 bits per heavy atom. The summed E-state index contributed by atoms with van der Waals surface area (Å²) in [4.78, 5) is 27.5. The summed E-state index contributed by atoms with van der Waals surface area (Å²) in [5, 5.41) is 12.3. The predicted molar refractivity (Wildman–Crippen MR) is 128 cm³/mol. The zero-order chi connectivity index (χ0) is 22.4. The largest absolute Gasteiger partial charge is 0.348 e. The number of carbonyl (C=O) groups is 2. The number of nitrogens with zero attached hydrogens (tertiary/aromatic N) is 2. The molecule has 7 heteroatoms. The average Bonchev–Trinajstić information content (AvgIpc) is 3.10. The van der Waals surface area contributed by atoms with Crippen molar-refractivity contribution in [3.8, 4) is 6.07 Å². The van der Waals surface area contributed by atoms with Gasteiger partial charge in [0.15, 0.2) is 0 Å². The van der Waals surface area contributed by atoms with E-state index in [1.807, 2.05) is 54.6 Å². The first kappa shape index (κ1) is 22.9. The third-order valence-corrected chi connectivity index (χ3v) is 6.64. The number of amides is 2. The van der Waals surface area contributed by atoms with Gasteiger partial charge in [0.2, 0.25) is 5.91 Å². The Morgan fingerprint density at radius 3 is 2.45 bits per heavy atom. The van der Waals surface area contributed by atoms with Gasteiger partial charge in [-0.15, -0.1) is 6.58 Å². The van der Waals surface area contributed by atoms with Gasteiger partial charge in [0.05, 0.1) is 5.25 Å². The van der Waals surface area contributed by atoms with Crippen molar-refractivity contribution < 1.29 is 9.59 Å². The van der Waals surface area contributed by atoms with Crippen LogP contribution < -0.4 is 10.2 Å². The molecule has 1 atom stereocenters. The second-order valence-electron chi connectivity index (χ2n) is 6.92. The van der Waals surface area contributed by atoms with Crippen LogP contribution in [-0.2, 0) is 22.4 Å². The van der Waals surface area contributed by atoms with Gasteiger partial charge in [0.25, 0.3) is 5.91 Å². The van der Waals surface area contributed by atoms with Gasteiger partial charge in [-0.2, -0.15) is 5.26 Å². The van der Waals surface area contributed by atoms with E-state index in [2.05, 4.69) is 34.7 Å². The van der Waals surface area contributed by atoms with Crippen LogP contribution in [0.5, 0.6) is 0 Å². The number of anilines is 1. The Bertz CT molecular complexity index is 1060. The van der Waals surface area contributed by atoms with Crippen molar-refractivity contribution in [2.75, 3.05) is 11.4 Å². The Morgan fingerprint density at radius 2 is 1.87 bits per heavy atom. The van der Waals surface area contributed by atoms with Gasteiger partial charge in [-0.3, -0.25) is 14.5 Å². The topological polar surface area (TPSA) is 73.2 Å². The number of nitrogens with one attached hydrogen (secondary N) is 1. The third-order valence-electron chi connectivity index (χ3n) is 4.85. The van der Waals surface area contributed by atoms with Gasteiger partial charge >= 0.3 is 0 Å². The molecule has 1 heterocycles. The highest BCUT2D eigenvalue weighted by molar-refractivity contribution is 9.10. The first-order chi connectivity index (χ1) is 15.0. The summed E-state index contributed by atoms with van der Waals surface area (Å²) < 4.78 is 0.963. The van der Waals surface area contributed by atoms with Gasteiger partial charge in [-0.05, 0) is 48.2 Å². The molecule has 2 aromatic rings. The van der Waals surface area contributed by atoms with E-state index in [1.165, 1.54) is 16.7 Å². The molecule has 3 rings (SSSR count). The molecule has 1 saturated heterocycles. The van der Waals surface area contributed by atoms with E-state index in [9.17, 15) is 14.9 Å². The minimum absolute atomic E-state index is 0.0712. The maximum atomic E-state index is 13.4. The summed E-state index contributed by atoms with van der Waals surface area (Å²) in [7, 11) is 0. The van der Waals surface area contributed by atoms with Crippen molar-refractivity contribution in [3.05, 3.63) is 87.4 Å². The summed E-state index contributed by atoms with van der Waals surface area (Å²) in [5.41, 5.74) is 2.72. The van der Waals surface area contributed by atoms with Crippen LogP contribution in [0.1, 0.15) is 18.1 Å². The van der Waals surface area contributed by atoms with Crippen molar-refractivity contribution in [1.82, 2.24) is 5.32 Å². The van der Waals surface area contributed by atoms with Crippen molar-refractivity contribution >= 4 is 45.2 Å². The van der Waals surface area contributed by atoms with Crippen LogP contribution in [0.3, 0.4) is 0 Å². The van der Waals surface area contributed by atoms with E-state index in [4.69, 9.17) is 0 Å². The lowest BCUT2D eigenvalue weighted by molar-refractivity contribution is -0.117. The fraction of sp³-hybridized carbons (Fsp3) is 0.208. The number of carbonyl (C=O) groups excluding carboxylic acids is 2. The van der Waals surface area contributed by atoms with Gasteiger partial charge in [0, 0.05) is 16.7 Å². The molecule has 0 spiro atoms. The fourth-order valence-corrected chi connectivity index (χ4v) is 4.76. The average molecular weight is 496 g/mol. The molecule has 1 fully saturated rings. The van der Waals surface area contributed by atoms with E-state index >= 15 is 0 Å². The molecule has 0 aliphatic carbocycles. The minimum atomic E-state index is -0.517. The predicted octanol–water partition coefficient (Wildman–Crippen LogP) is 4.74. The number of hydrogen-bond donors (Lipinski definition) is 1. The Labute approximate surface area is 194 Å². The highest BCUT2D eigenvalue weighted by atomic mass is 79.9. The fourth-order valence-electron chi connectivity index (χ4n) is 3.19. The normalized spacial score (nSPS) is 17.3. The molecule has 1 N–H and O–H groups in total. The summed E-state index contributed by atoms with van der Waals surface area (Å²) in [6.45, 7) is 5.88. The van der Waals surface area contributed by atoms with E-state index in [0.717, 1.165) is 22.0 Å². The second kappa shape index (κ2) is 10.5. The molecule has 2 aromatic carbocycles. The summed E-state index contributed by atoms with van der Waals surface area (Å²) in [6, 6.07) is 17.4. The molecule has 158 valence electrons. The van der Waals surface area contributed by atoms with Crippen LogP contribution >= 0.6 is 27.7 Å². The second-order valence-corrected chi connectivity index (χ2v) is 9.03. The van der Waals surface area contributed by atoms with Crippen LogP contribution in [0.2, 0.25) is 0 Å². The van der Waals surface area contributed by atoms with E-state index in [-0.39, 0.29) is 18.0 Å². The maximum Gasteiger partial charge on any atom is 0.264 e. The molecule has 1 unspecified atom stereocenters. The summed E-state index contributed by atoms with van der Waals surface area (Å²) in [6.07, 6.45) is 2.92. The summed E-state index contributed by atoms with van der Waals surface area (Å²) >= 11 is 4.68. The van der Waals surface area contributed by atoms with Crippen molar-refractivity contribution in [2.24, 2.45) is 0 Å². The van der Waals surface area contributed by atoms with Crippen LogP contribution in [0.4, 0.5) is 5.69 Å². The molecular weight excluding hydrogens is 474 g/mol. The first-order valence-electron chi connectivity index (χ1n) is 9.86. The van der Waals surface area contributed by atoms with Crippen molar-refractivity contribution in [1.29, 1.82) is 5.26 Å². The maximum absolute atomic E-state index is 13.4. The molecule has 31 heavy (non-hydrogen) atoms. The molecule has 0 bridgehead atoms. The number of rotatable bonds is 7. The number of nitriles is 1. The van der Waals surface area contributed by atoms with Crippen LogP contribution in [0.15, 0.2) is 76.3 Å². The molecule has 1 aliphatic rings. The number of hydrogen-bond acceptors (Lipinski definition) is 4. The van der Waals surface area contributed by atoms with Gasteiger partial charge < -0.3 is 5.32 Å². The molecule has 2 amide bonds. The third kappa shape index (κ3) is 5.27. The van der Waals surface area contributed by atoms with E-state index in [1.54, 1.807) is 6.08 Å². The number of aryl methyl sites for hydroxylation is 1. The Balaban J connectivity index is 2.01. The lowest BCUT2D eigenvalue weighted by Crippen LogP contribution is -2.32. The van der Waals surface area contributed by atoms with Gasteiger partial charge in [-0.25, -0.2) is 0 Å².